The predicted octanol–water partition coefficient (Wildman–Crippen LogP) is 2.58. The molecule has 1 N–H and O–H groups in total. The molecule has 1 aliphatic rings. The molecular weight excluding hydrogens is 240 g/mol. The van der Waals surface area contributed by atoms with E-state index in [-0.39, 0.29) is 5.56 Å². The van der Waals surface area contributed by atoms with Crippen LogP contribution in [-0.4, -0.2) is 29.1 Å². The number of carboxylic acid groups (broad SMARTS) is 1. The van der Waals surface area contributed by atoms with Gasteiger partial charge in [-0.1, -0.05) is 12.5 Å². The van der Waals surface area contributed by atoms with Crippen LogP contribution in [0.15, 0.2) is 18.2 Å². The lowest BCUT2D eigenvalue weighted by molar-refractivity contribution is -0.144. The van der Waals surface area contributed by atoms with Crippen molar-refractivity contribution in [1.82, 2.24) is 4.90 Å². The lowest BCUT2D eigenvalue weighted by Crippen LogP contribution is -2.38. The normalized spacial score (nSPS) is 18.6. The summed E-state index contributed by atoms with van der Waals surface area (Å²) in [7, 11) is 0. The second kappa shape index (κ2) is 5.44. The zero-order chi connectivity index (χ0) is 13.1. The van der Waals surface area contributed by atoms with Gasteiger partial charge in [-0.25, -0.2) is 8.78 Å². The first-order valence-electron chi connectivity index (χ1n) is 6.01. The first-order chi connectivity index (χ1) is 8.59. The van der Waals surface area contributed by atoms with Crippen molar-refractivity contribution >= 4 is 5.97 Å². The number of nitrogens with zero attached hydrogens (tertiary/aromatic N) is 1. The zero-order valence-corrected chi connectivity index (χ0v) is 9.90. The minimum atomic E-state index is -1.09. The summed E-state index contributed by atoms with van der Waals surface area (Å²) in [6, 6.07) is 2.02. The lowest BCUT2D eigenvalue weighted by atomic mass is 10.0. The Hall–Kier alpha value is -1.49. The van der Waals surface area contributed by atoms with E-state index in [1.807, 2.05) is 0 Å². The molecule has 1 fully saturated rings. The van der Waals surface area contributed by atoms with Crippen molar-refractivity contribution in [3.05, 3.63) is 35.4 Å². The Balaban J connectivity index is 2.31. The molecule has 98 valence electrons. The van der Waals surface area contributed by atoms with Crippen LogP contribution in [0.25, 0.3) is 0 Å². The van der Waals surface area contributed by atoms with Crippen molar-refractivity contribution in [2.24, 2.45) is 0 Å². The van der Waals surface area contributed by atoms with E-state index in [2.05, 4.69) is 0 Å². The first kappa shape index (κ1) is 13.0. The smallest absolute Gasteiger partial charge is 0.325 e. The average molecular weight is 255 g/mol. The maximum atomic E-state index is 13.7. The molecule has 2 rings (SSSR count). The Morgan fingerprint density at radius 3 is 2.44 bits per heavy atom. The summed E-state index contributed by atoms with van der Waals surface area (Å²) in [5.41, 5.74) is 0.0331. The van der Waals surface area contributed by atoms with E-state index in [1.165, 1.54) is 6.07 Å². The van der Waals surface area contributed by atoms with Gasteiger partial charge < -0.3 is 5.11 Å². The minimum absolute atomic E-state index is 0.0331. The number of halogens is 2. The van der Waals surface area contributed by atoms with Gasteiger partial charge in [-0.3, -0.25) is 9.69 Å². The van der Waals surface area contributed by atoms with Crippen molar-refractivity contribution in [3.8, 4) is 0 Å². The van der Waals surface area contributed by atoms with Crippen molar-refractivity contribution in [2.45, 2.75) is 25.3 Å². The fourth-order valence-corrected chi connectivity index (χ4v) is 2.39. The monoisotopic (exact) mass is 255 g/mol. The summed E-state index contributed by atoms with van der Waals surface area (Å²) in [6.07, 6.45) is 2.88. The third kappa shape index (κ3) is 2.67. The number of piperidine rings is 1. The fraction of sp³-hybridized carbons (Fsp3) is 0.462. The van der Waals surface area contributed by atoms with Gasteiger partial charge in [0.25, 0.3) is 0 Å². The van der Waals surface area contributed by atoms with Gasteiger partial charge in [-0.15, -0.1) is 0 Å². The molecule has 1 heterocycles. The van der Waals surface area contributed by atoms with Crippen LogP contribution in [0, 0.1) is 11.6 Å². The molecule has 3 nitrogen and oxygen atoms in total. The highest BCUT2D eigenvalue weighted by molar-refractivity contribution is 5.75. The summed E-state index contributed by atoms with van der Waals surface area (Å²) < 4.78 is 26.5. The van der Waals surface area contributed by atoms with Crippen LogP contribution in [0.5, 0.6) is 0 Å². The molecule has 1 aliphatic heterocycles. The topological polar surface area (TPSA) is 40.5 Å². The number of aliphatic carboxylic acids is 1. The van der Waals surface area contributed by atoms with Crippen LogP contribution in [0.3, 0.4) is 0 Å². The molecule has 1 aromatic carbocycles. The largest absolute Gasteiger partial charge is 0.480 e. The molecule has 1 aromatic rings. The van der Waals surface area contributed by atoms with Crippen molar-refractivity contribution in [3.63, 3.8) is 0 Å². The van der Waals surface area contributed by atoms with Gasteiger partial charge >= 0.3 is 5.97 Å². The molecular formula is C13H15F2NO2. The third-order valence-corrected chi connectivity index (χ3v) is 3.25. The number of rotatable bonds is 3. The molecule has 0 aliphatic carbocycles. The summed E-state index contributed by atoms with van der Waals surface area (Å²) in [5.74, 6) is -2.59. The molecule has 1 saturated heterocycles. The van der Waals surface area contributed by atoms with E-state index in [1.54, 1.807) is 4.90 Å². The average Bonchev–Trinajstić information content (AvgIpc) is 2.33. The van der Waals surface area contributed by atoms with Crippen LogP contribution in [0.1, 0.15) is 30.9 Å². The Bertz CT molecular complexity index is 445. The van der Waals surface area contributed by atoms with Crippen LogP contribution in [0.2, 0.25) is 0 Å². The Labute approximate surface area is 104 Å². The summed E-state index contributed by atoms with van der Waals surface area (Å²) >= 11 is 0. The third-order valence-electron chi connectivity index (χ3n) is 3.25. The highest BCUT2D eigenvalue weighted by Crippen LogP contribution is 2.27. The van der Waals surface area contributed by atoms with E-state index in [0.29, 0.717) is 13.1 Å². The molecule has 0 aromatic heterocycles. The highest BCUT2D eigenvalue weighted by atomic mass is 19.1. The van der Waals surface area contributed by atoms with Crippen LogP contribution in [0.4, 0.5) is 8.78 Å². The number of benzene rings is 1. The zero-order valence-electron chi connectivity index (χ0n) is 9.90. The maximum Gasteiger partial charge on any atom is 0.325 e. The molecule has 0 amide bonds. The van der Waals surface area contributed by atoms with E-state index >= 15 is 0 Å². The minimum Gasteiger partial charge on any atom is -0.480 e. The predicted molar refractivity (Wildman–Crippen MR) is 62.2 cm³/mol. The van der Waals surface area contributed by atoms with E-state index in [0.717, 1.165) is 31.4 Å². The molecule has 0 spiro atoms. The van der Waals surface area contributed by atoms with Crippen molar-refractivity contribution in [1.29, 1.82) is 0 Å². The van der Waals surface area contributed by atoms with Crippen molar-refractivity contribution in [2.75, 3.05) is 13.1 Å². The maximum absolute atomic E-state index is 13.7. The molecule has 5 heteroatoms. The Kier molecular flexibility index (Phi) is 3.91. The molecule has 0 bridgehead atoms. The number of carbonyl (C=O) groups is 1. The molecule has 0 saturated carbocycles. The molecule has 18 heavy (non-hydrogen) atoms. The van der Waals surface area contributed by atoms with Gasteiger partial charge in [0.05, 0.1) is 0 Å². The van der Waals surface area contributed by atoms with Crippen molar-refractivity contribution < 1.29 is 18.7 Å². The molecule has 0 radical (unpaired) electrons. The quantitative estimate of drug-likeness (QED) is 0.902. The lowest BCUT2D eigenvalue weighted by Gasteiger charge is -2.32. The van der Waals surface area contributed by atoms with E-state index < -0.39 is 23.6 Å². The number of likely N-dealkylation sites (tertiary alicyclic amines) is 1. The van der Waals surface area contributed by atoms with Gasteiger partial charge in [0, 0.05) is 11.6 Å². The van der Waals surface area contributed by atoms with Crippen LogP contribution in [-0.2, 0) is 4.79 Å². The number of hydrogen-bond acceptors (Lipinski definition) is 2. The SMILES string of the molecule is O=C(O)[C@H](c1ccc(F)cc1F)N1CCCCC1. The second-order valence-electron chi connectivity index (χ2n) is 4.50. The van der Waals surface area contributed by atoms with Crippen LogP contribution >= 0.6 is 0 Å². The summed E-state index contributed by atoms with van der Waals surface area (Å²) in [4.78, 5) is 13.1. The van der Waals surface area contributed by atoms with Crippen LogP contribution < -0.4 is 0 Å². The van der Waals surface area contributed by atoms with E-state index in [9.17, 15) is 18.7 Å². The standard InChI is InChI=1S/C13H15F2NO2/c14-9-4-5-10(11(15)8-9)12(13(17)18)16-6-2-1-3-7-16/h4-5,8,12H,1-3,6-7H2,(H,17,18)/t12-/m0/s1. The van der Waals surface area contributed by atoms with Gasteiger partial charge in [0.2, 0.25) is 0 Å². The van der Waals surface area contributed by atoms with E-state index in [4.69, 9.17) is 0 Å². The summed E-state index contributed by atoms with van der Waals surface area (Å²) in [6.45, 7) is 1.27. The van der Waals surface area contributed by atoms with Gasteiger partial charge in [-0.2, -0.15) is 0 Å². The van der Waals surface area contributed by atoms with Gasteiger partial charge in [-0.05, 0) is 32.0 Å². The Morgan fingerprint density at radius 1 is 1.22 bits per heavy atom. The fourth-order valence-electron chi connectivity index (χ4n) is 2.39. The van der Waals surface area contributed by atoms with Gasteiger partial charge in [0.1, 0.15) is 17.7 Å². The second-order valence-corrected chi connectivity index (χ2v) is 4.50. The number of hydrogen-bond donors (Lipinski definition) is 1. The van der Waals surface area contributed by atoms with Gasteiger partial charge in [0.15, 0.2) is 0 Å². The summed E-state index contributed by atoms with van der Waals surface area (Å²) in [5, 5.41) is 9.27. The highest BCUT2D eigenvalue weighted by Gasteiger charge is 2.30. The Morgan fingerprint density at radius 2 is 1.89 bits per heavy atom. The molecule has 1 atom stereocenters. The number of carboxylic acids is 1. The molecule has 0 unspecified atom stereocenters. The first-order valence-corrected chi connectivity index (χ1v) is 6.01.